The monoisotopic (exact) mass is 429 g/mol. The summed E-state index contributed by atoms with van der Waals surface area (Å²) >= 11 is 0. The highest BCUT2D eigenvalue weighted by Crippen LogP contribution is 2.29. The predicted octanol–water partition coefficient (Wildman–Crippen LogP) is 4.03. The van der Waals surface area contributed by atoms with E-state index in [1.54, 1.807) is 9.25 Å². The minimum Gasteiger partial charge on any atom is -0.274 e. The highest BCUT2D eigenvalue weighted by molar-refractivity contribution is 5.80. The number of rotatable bonds is 8. The number of hydrogen-bond donors (Lipinski definition) is 1. The molecule has 1 unspecified atom stereocenters. The maximum Gasteiger partial charge on any atom is 0.346 e. The third kappa shape index (κ3) is 4.30. The zero-order valence-electron chi connectivity index (χ0n) is 18.6. The van der Waals surface area contributed by atoms with E-state index < -0.39 is 0 Å². The molecule has 0 aliphatic heterocycles. The van der Waals surface area contributed by atoms with Gasteiger partial charge in [-0.05, 0) is 42.2 Å². The summed E-state index contributed by atoms with van der Waals surface area (Å²) in [7, 11) is 0. The lowest BCUT2D eigenvalue weighted by molar-refractivity contribution is 0.456. The zero-order chi connectivity index (χ0) is 22.5. The average Bonchev–Trinajstić information content (AvgIpc) is 3.47. The van der Waals surface area contributed by atoms with Crippen LogP contribution >= 0.6 is 0 Å². The number of H-pyrrole nitrogens is 1. The Balaban J connectivity index is 1.65. The largest absolute Gasteiger partial charge is 0.346 e. The van der Waals surface area contributed by atoms with Crippen molar-refractivity contribution in [3.05, 3.63) is 82.6 Å². The van der Waals surface area contributed by atoms with Crippen LogP contribution < -0.4 is 5.69 Å². The summed E-state index contributed by atoms with van der Waals surface area (Å²) in [6.45, 7) is 6.54. The fraction of sp³-hybridized carbons (Fsp3) is 0.292. The van der Waals surface area contributed by atoms with Gasteiger partial charge in [0.25, 0.3) is 0 Å². The van der Waals surface area contributed by atoms with E-state index in [-0.39, 0.29) is 11.7 Å². The first-order valence-electron chi connectivity index (χ1n) is 10.8. The van der Waals surface area contributed by atoms with Gasteiger partial charge in [-0.3, -0.25) is 4.57 Å². The zero-order valence-corrected chi connectivity index (χ0v) is 18.6. The van der Waals surface area contributed by atoms with E-state index in [0.717, 1.165) is 34.5 Å². The van der Waals surface area contributed by atoms with Gasteiger partial charge in [0.15, 0.2) is 0 Å². The van der Waals surface area contributed by atoms with Crippen molar-refractivity contribution >= 4 is 0 Å². The molecular formula is C24H27N7O. The van der Waals surface area contributed by atoms with Gasteiger partial charge in [-0.1, -0.05) is 67.6 Å². The van der Waals surface area contributed by atoms with Crippen molar-refractivity contribution in [3.8, 4) is 22.5 Å². The van der Waals surface area contributed by atoms with Crippen LogP contribution in [0.5, 0.6) is 0 Å². The number of hydrogen-bond acceptors (Lipinski definition) is 5. The van der Waals surface area contributed by atoms with Crippen LogP contribution in [0.2, 0.25) is 0 Å². The van der Waals surface area contributed by atoms with E-state index in [1.165, 1.54) is 0 Å². The first-order chi connectivity index (χ1) is 15.6. The Labute approximate surface area is 186 Å². The molecule has 1 atom stereocenters. The fourth-order valence-electron chi connectivity index (χ4n) is 3.63. The molecule has 8 nitrogen and oxygen atoms in total. The smallest absolute Gasteiger partial charge is 0.274 e. The lowest BCUT2D eigenvalue weighted by Gasteiger charge is -2.09. The van der Waals surface area contributed by atoms with Crippen LogP contribution in [-0.4, -0.2) is 35.0 Å². The van der Waals surface area contributed by atoms with E-state index in [0.29, 0.717) is 18.8 Å². The third-order valence-corrected chi connectivity index (χ3v) is 5.63. The molecule has 32 heavy (non-hydrogen) atoms. The molecule has 2 aromatic carbocycles. The number of allylic oxidation sites excluding steroid dienone is 2. The molecule has 0 spiro atoms. The molecule has 0 fully saturated rings. The number of tetrazole rings is 1. The van der Waals surface area contributed by atoms with Gasteiger partial charge in [-0.15, -0.1) is 10.2 Å². The van der Waals surface area contributed by atoms with E-state index >= 15 is 0 Å². The molecule has 164 valence electrons. The molecule has 0 amide bonds. The van der Waals surface area contributed by atoms with Crippen LogP contribution in [0.25, 0.3) is 22.5 Å². The Bertz CT molecular complexity index is 1250. The predicted molar refractivity (Wildman–Crippen MR) is 124 cm³/mol. The molecule has 8 heteroatoms. The molecule has 0 radical (unpaired) electrons. The minimum absolute atomic E-state index is 0.0645. The maximum absolute atomic E-state index is 13.0. The number of benzene rings is 2. The summed E-state index contributed by atoms with van der Waals surface area (Å²) in [4.78, 5) is 13.0. The van der Waals surface area contributed by atoms with Gasteiger partial charge < -0.3 is 0 Å². The van der Waals surface area contributed by atoms with Crippen molar-refractivity contribution in [3.63, 3.8) is 0 Å². The SMILES string of the molecule is C/C=C/Cc1nn(C(C)CC)c(=O)n1Cc1ccc(-c2ccccc2-c2nn[nH]n2)cc1. The summed E-state index contributed by atoms with van der Waals surface area (Å²) in [5.41, 5.74) is 3.96. The second kappa shape index (κ2) is 9.55. The molecule has 0 saturated heterocycles. The highest BCUT2D eigenvalue weighted by atomic mass is 16.2. The quantitative estimate of drug-likeness (QED) is 0.427. The van der Waals surface area contributed by atoms with Crippen LogP contribution in [0.4, 0.5) is 0 Å². The van der Waals surface area contributed by atoms with Crippen molar-refractivity contribution in [1.82, 2.24) is 35.0 Å². The van der Waals surface area contributed by atoms with Gasteiger partial charge in [0.2, 0.25) is 5.82 Å². The van der Waals surface area contributed by atoms with E-state index in [9.17, 15) is 4.79 Å². The average molecular weight is 430 g/mol. The van der Waals surface area contributed by atoms with Crippen LogP contribution in [-0.2, 0) is 13.0 Å². The summed E-state index contributed by atoms with van der Waals surface area (Å²) in [6.07, 6.45) is 5.49. The van der Waals surface area contributed by atoms with E-state index in [2.05, 4.69) is 56.9 Å². The van der Waals surface area contributed by atoms with Crippen molar-refractivity contribution in [2.45, 2.75) is 46.2 Å². The second-order valence-electron chi connectivity index (χ2n) is 7.74. The van der Waals surface area contributed by atoms with E-state index in [1.807, 2.05) is 50.3 Å². The van der Waals surface area contributed by atoms with Crippen LogP contribution in [0.3, 0.4) is 0 Å². The Morgan fingerprint density at radius 1 is 1.09 bits per heavy atom. The van der Waals surface area contributed by atoms with Gasteiger partial charge in [-0.2, -0.15) is 10.3 Å². The molecule has 0 aliphatic carbocycles. The summed E-state index contributed by atoms with van der Waals surface area (Å²) in [6, 6.07) is 16.2. The first kappa shape index (κ1) is 21.4. The summed E-state index contributed by atoms with van der Waals surface area (Å²) in [5.74, 6) is 1.34. The van der Waals surface area contributed by atoms with Gasteiger partial charge >= 0.3 is 5.69 Å². The van der Waals surface area contributed by atoms with Crippen molar-refractivity contribution in [2.75, 3.05) is 0 Å². The Morgan fingerprint density at radius 2 is 1.84 bits per heavy atom. The van der Waals surface area contributed by atoms with Crippen molar-refractivity contribution in [2.24, 2.45) is 0 Å². The van der Waals surface area contributed by atoms with Gasteiger partial charge in [0.1, 0.15) is 5.82 Å². The van der Waals surface area contributed by atoms with Crippen molar-refractivity contribution < 1.29 is 0 Å². The molecule has 4 aromatic rings. The third-order valence-electron chi connectivity index (χ3n) is 5.63. The van der Waals surface area contributed by atoms with Gasteiger partial charge in [0.05, 0.1) is 12.6 Å². The second-order valence-corrected chi connectivity index (χ2v) is 7.74. The summed E-state index contributed by atoms with van der Waals surface area (Å²) in [5, 5.41) is 19.0. The van der Waals surface area contributed by atoms with Crippen LogP contribution in [0, 0.1) is 0 Å². The Kier molecular flexibility index (Phi) is 6.39. The molecular weight excluding hydrogens is 402 g/mol. The molecule has 0 saturated carbocycles. The maximum atomic E-state index is 13.0. The number of nitrogens with one attached hydrogen (secondary N) is 1. The van der Waals surface area contributed by atoms with Crippen molar-refractivity contribution in [1.29, 1.82) is 0 Å². The summed E-state index contributed by atoms with van der Waals surface area (Å²) < 4.78 is 3.38. The molecule has 0 bridgehead atoms. The Morgan fingerprint density at radius 3 is 2.50 bits per heavy atom. The van der Waals surface area contributed by atoms with Gasteiger partial charge in [0, 0.05) is 12.0 Å². The molecule has 0 aliphatic rings. The fourth-order valence-corrected chi connectivity index (χ4v) is 3.63. The van der Waals surface area contributed by atoms with E-state index in [4.69, 9.17) is 0 Å². The minimum atomic E-state index is -0.0645. The Hall–Kier alpha value is -3.81. The number of nitrogens with zero attached hydrogens (tertiary/aromatic N) is 6. The highest BCUT2D eigenvalue weighted by Gasteiger charge is 2.16. The number of aromatic nitrogens is 7. The van der Waals surface area contributed by atoms with Gasteiger partial charge in [-0.25, -0.2) is 9.48 Å². The number of aromatic amines is 1. The molecule has 4 rings (SSSR count). The molecule has 2 heterocycles. The molecule has 2 aromatic heterocycles. The standard InChI is InChI=1S/C24H27N7O/c1-4-6-11-22-27-31(17(3)5-2)24(32)30(22)16-18-12-14-19(15-13-18)20-9-7-8-10-21(20)23-25-28-29-26-23/h4,6-10,12-15,17H,5,11,16H2,1-3H3,(H,25,26,28,29)/b6-4+. The topological polar surface area (TPSA) is 94.3 Å². The lowest BCUT2D eigenvalue weighted by Crippen LogP contribution is -2.27. The molecule has 1 N–H and O–H groups in total. The lowest BCUT2D eigenvalue weighted by atomic mass is 9.98. The first-order valence-corrected chi connectivity index (χ1v) is 10.8. The van der Waals surface area contributed by atoms with Crippen LogP contribution in [0.1, 0.15) is 44.6 Å². The van der Waals surface area contributed by atoms with Crippen LogP contribution in [0.15, 0.2) is 65.5 Å². The normalized spacial score (nSPS) is 12.5.